The highest BCUT2D eigenvalue weighted by molar-refractivity contribution is 7.98. The van der Waals surface area contributed by atoms with Gasteiger partial charge >= 0.3 is 0 Å². The molecule has 1 aliphatic heterocycles. The van der Waals surface area contributed by atoms with Gasteiger partial charge in [0.05, 0.1) is 11.3 Å². The third kappa shape index (κ3) is 4.64. The fraction of sp³-hybridized carbons (Fsp3) is 0.263. The van der Waals surface area contributed by atoms with E-state index in [1.807, 2.05) is 18.4 Å². The molecule has 8 heteroatoms. The number of hydrogen-bond acceptors (Lipinski definition) is 4. The predicted octanol–water partition coefficient (Wildman–Crippen LogP) is 4.06. The molecule has 0 bridgehead atoms. The van der Waals surface area contributed by atoms with E-state index in [0.717, 1.165) is 17.4 Å². The molecule has 142 valence electrons. The lowest BCUT2D eigenvalue weighted by atomic mass is 10.1. The minimum atomic E-state index is -1.01. The minimum absolute atomic E-state index is 0.264. The van der Waals surface area contributed by atoms with Crippen molar-refractivity contribution in [2.24, 2.45) is 0 Å². The molecule has 3 rings (SSSR count). The molecule has 5 nitrogen and oxygen atoms in total. The number of halogens is 2. The van der Waals surface area contributed by atoms with Gasteiger partial charge in [-0.25, -0.2) is 8.78 Å². The first-order valence-corrected chi connectivity index (χ1v) is 9.57. The van der Waals surface area contributed by atoms with Crippen LogP contribution in [0.25, 0.3) is 0 Å². The number of amides is 2. The van der Waals surface area contributed by atoms with Crippen LogP contribution in [0.4, 0.5) is 20.2 Å². The van der Waals surface area contributed by atoms with Gasteiger partial charge in [0.15, 0.2) is 0 Å². The van der Waals surface area contributed by atoms with Crippen molar-refractivity contribution in [1.82, 2.24) is 0 Å². The monoisotopic (exact) mass is 392 g/mol. The van der Waals surface area contributed by atoms with Gasteiger partial charge in [-0.2, -0.15) is 0 Å². The lowest BCUT2D eigenvalue weighted by molar-refractivity contribution is -0.124. The van der Waals surface area contributed by atoms with Gasteiger partial charge in [-0.15, -0.1) is 11.8 Å². The minimum Gasteiger partial charge on any atom is -0.368 e. The van der Waals surface area contributed by atoms with Crippen molar-refractivity contribution >= 4 is 35.0 Å². The zero-order chi connectivity index (χ0) is 19.4. The smallest absolute Gasteiger partial charge is 0.258 e. The summed E-state index contributed by atoms with van der Waals surface area (Å²) < 4.78 is 33.4. The third-order valence-electron chi connectivity index (χ3n) is 4.13. The number of carbonyl (C=O) groups excluding carboxylic acids is 2. The van der Waals surface area contributed by atoms with Crippen molar-refractivity contribution in [2.45, 2.75) is 23.8 Å². The molecule has 0 saturated carbocycles. The van der Waals surface area contributed by atoms with E-state index in [2.05, 4.69) is 10.6 Å². The Morgan fingerprint density at radius 3 is 2.48 bits per heavy atom. The Labute approximate surface area is 159 Å². The van der Waals surface area contributed by atoms with Gasteiger partial charge in [-0.3, -0.25) is 9.59 Å². The summed E-state index contributed by atoms with van der Waals surface area (Å²) in [6.45, 7) is 0.465. The highest BCUT2D eigenvalue weighted by Crippen LogP contribution is 2.23. The highest BCUT2D eigenvalue weighted by atomic mass is 32.2. The van der Waals surface area contributed by atoms with Crippen LogP contribution in [-0.4, -0.2) is 30.8 Å². The number of carbonyl (C=O) groups is 2. The SMILES string of the molecule is CSc1ccc(NC(=O)c2cc(NC(=O)C3CCCO3)c(F)cc2F)cc1. The highest BCUT2D eigenvalue weighted by Gasteiger charge is 2.25. The number of benzene rings is 2. The van der Waals surface area contributed by atoms with Crippen molar-refractivity contribution in [2.75, 3.05) is 23.5 Å². The van der Waals surface area contributed by atoms with Crippen molar-refractivity contribution < 1.29 is 23.1 Å². The van der Waals surface area contributed by atoms with Crippen LogP contribution in [0.15, 0.2) is 41.3 Å². The number of nitrogens with one attached hydrogen (secondary N) is 2. The predicted molar refractivity (Wildman–Crippen MR) is 100 cm³/mol. The standard InChI is InChI=1S/C19H18F2N2O3S/c1-27-12-6-4-11(5-7-12)22-18(24)13-9-16(15(21)10-14(13)20)23-19(25)17-3-2-8-26-17/h4-7,9-10,17H,2-3,8H2,1H3,(H,22,24)(H,23,25). The lowest BCUT2D eigenvalue weighted by Crippen LogP contribution is -2.27. The second kappa shape index (κ2) is 8.49. The Morgan fingerprint density at radius 1 is 1.11 bits per heavy atom. The molecule has 0 aliphatic carbocycles. The summed E-state index contributed by atoms with van der Waals surface area (Å²) >= 11 is 1.55. The summed E-state index contributed by atoms with van der Waals surface area (Å²) in [5, 5.41) is 4.92. The average Bonchev–Trinajstić information content (AvgIpc) is 3.19. The molecule has 0 radical (unpaired) electrons. The fourth-order valence-electron chi connectivity index (χ4n) is 2.69. The third-order valence-corrected chi connectivity index (χ3v) is 4.87. The first kappa shape index (κ1) is 19.3. The second-order valence-corrected chi connectivity index (χ2v) is 6.87. The topological polar surface area (TPSA) is 67.4 Å². The van der Waals surface area contributed by atoms with E-state index in [0.29, 0.717) is 24.8 Å². The van der Waals surface area contributed by atoms with Crippen LogP contribution < -0.4 is 10.6 Å². The summed E-state index contributed by atoms with van der Waals surface area (Å²) in [6, 6.07) is 8.57. The molecular formula is C19H18F2N2O3S. The zero-order valence-corrected chi connectivity index (χ0v) is 15.4. The number of anilines is 2. The Balaban J connectivity index is 1.77. The zero-order valence-electron chi connectivity index (χ0n) is 14.6. The molecule has 2 aromatic carbocycles. The molecule has 27 heavy (non-hydrogen) atoms. The largest absolute Gasteiger partial charge is 0.368 e. The van der Waals surface area contributed by atoms with Gasteiger partial charge < -0.3 is 15.4 Å². The van der Waals surface area contributed by atoms with Gasteiger partial charge in [-0.1, -0.05) is 0 Å². The van der Waals surface area contributed by atoms with Crippen LogP contribution in [0.2, 0.25) is 0 Å². The van der Waals surface area contributed by atoms with Crippen molar-refractivity contribution in [1.29, 1.82) is 0 Å². The summed E-state index contributed by atoms with van der Waals surface area (Å²) in [5.41, 5.74) is -0.153. The number of hydrogen-bond donors (Lipinski definition) is 2. The van der Waals surface area contributed by atoms with E-state index in [9.17, 15) is 18.4 Å². The van der Waals surface area contributed by atoms with E-state index in [1.165, 1.54) is 0 Å². The molecule has 2 aromatic rings. The fourth-order valence-corrected chi connectivity index (χ4v) is 3.10. The summed E-state index contributed by atoms with van der Waals surface area (Å²) in [4.78, 5) is 25.5. The molecular weight excluding hydrogens is 374 g/mol. The van der Waals surface area contributed by atoms with Crippen LogP contribution in [0.5, 0.6) is 0 Å². The van der Waals surface area contributed by atoms with Gasteiger partial charge in [0, 0.05) is 23.3 Å². The van der Waals surface area contributed by atoms with E-state index in [1.54, 1.807) is 23.9 Å². The normalized spacial score (nSPS) is 16.2. The molecule has 2 amide bonds. The quantitative estimate of drug-likeness (QED) is 0.753. The Bertz CT molecular complexity index is 853. The van der Waals surface area contributed by atoms with Crippen LogP contribution in [-0.2, 0) is 9.53 Å². The lowest BCUT2D eigenvalue weighted by Gasteiger charge is -2.13. The van der Waals surface area contributed by atoms with Crippen molar-refractivity contribution in [3.8, 4) is 0 Å². The Kier molecular flexibility index (Phi) is 6.08. The maximum Gasteiger partial charge on any atom is 0.258 e. The van der Waals surface area contributed by atoms with Crippen LogP contribution in [0.1, 0.15) is 23.2 Å². The Hall–Kier alpha value is -2.45. The van der Waals surface area contributed by atoms with Gasteiger partial charge in [0.2, 0.25) is 0 Å². The summed E-state index contributed by atoms with van der Waals surface area (Å²) in [7, 11) is 0. The van der Waals surface area contributed by atoms with Crippen LogP contribution in [0.3, 0.4) is 0 Å². The molecule has 1 fully saturated rings. The summed E-state index contributed by atoms with van der Waals surface area (Å²) in [5.74, 6) is -3.23. The summed E-state index contributed by atoms with van der Waals surface area (Å²) in [6.07, 6.45) is 2.54. The number of ether oxygens (including phenoxy) is 1. The number of rotatable bonds is 5. The van der Waals surface area contributed by atoms with Crippen LogP contribution >= 0.6 is 11.8 Å². The van der Waals surface area contributed by atoms with E-state index in [4.69, 9.17) is 4.74 Å². The molecule has 1 unspecified atom stereocenters. The van der Waals surface area contributed by atoms with E-state index >= 15 is 0 Å². The average molecular weight is 392 g/mol. The van der Waals surface area contributed by atoms with Gasteiger partial charge in [0.25, 0.3) is 11.8 Å². The molecule has 0 aromatic heterocycles. The Morgan fingerprint density at radius 2 is 1.85 bits per heavy atom. The van der Waals surface area contributed by atoms with E-state index in [-0.39, 0.29) is 11.3 Å². The maximum atomic E-state index is 14.1. The van der Waals surface area contributed by atoms with Crippen LogP contribution in [0, 0.1) is 11.6 Å². The van der Waals surface area contributed by atoms with Gasteiger partial charge in [-0.05, 0) is 49.4 Å². The maximum absolute atomic E-state index is 14.1. The van der Waals surface area contributed by atoms with Crippen molar-refractivity contribution in [3.63, 3.8) is 0 Å². The molecule has 0 spiro atoms. The van der Waals surface area contributed by atoms with Crippen molar-refractivity contribution in [3.05, 3.63) is 53.6 Å². The number of thioether (sulfide) groups is 1. The molecule has 2 N–H and O–H groups in total. The molecule has 1 heterocycles. The first-order valence-electron chi connectivity index (χ1n) is 8.35. The van der Waals surface area contributed by atoms with Gasteiger partial charge in [0.1, 0.15) is 17.7 Å². The second-order valence-electron chi connectivity index (χ2n) is 5.99. The first-order chi connectivity index (χ1) is 13.0. The molecule has 1 atom stereocenters. The molecule has 1 aliphatic rings. The van der Waals surface area contributed by atoms with E-state index < -0.39 is 29.6 Å². The molecule has 1 saturated heterocycles.